The summed E-state index contributed by atoms with van der Waals surface area (Å²) in [6.45, 7) is 7.77. The Morgan fingerprint density at radius 1 is 1.06 bits per heavy atom. The van der Waals surface area contributed by atoms with Crippen molar-refractivity contribution in [1.82, 2.24) is 9.80 Å². The number of piperidine rings is 1. The number of hydrogen-bond acceptors (Lipinski definition) is 3. The quantitative estimate of drug-likeness (QED) is 0.574. The minimum atomic E-state index is -0.301. The number of rotatable bonds is 5. The molecular weight excluding hydrogens is 443 g/mol. The monoisotopic (exact) mass is 474 g/mol. The Morgan fingerprint density at radius 3 is 2.47 bits per heavy atom. The van der Waals surface area contributed by atoms with E-state index in [2.05, 4.69) is 41.4 Å². The van der Waals surface area contributed by atoms with E-state index in [0.29, 0.717) is 12.0 Å². The first kappa shape index (κ1) is 23.2. The summed E-state index contributed by atoms with van der Waals surface area (Å²) in [5, 5.41) is 5.05. The lowest BCUT2D eigenvalue weighted by Gasteiger charge is -2.36. The Bertz CT molecular complexity index is 974. The number of nitrogens with two attached hydrogens (primary N) is 1. The van der Waals surface area contributed by atoms with Gasteiger partial charge in [-0.05, 0) is 87.0 Å². The molecule has 2 aromatic carbocycles. The predicted molar refractivity (Wildman–Crippen MR) is 133 cm³/mol. The second-order valence-electron chi connectivity index (χ2n) is 9.17. The predicted octanol–water partition coefficient (Wildman–Crippen LogP) is 5.81. The van der Waals surface area contributed by atoms with Gasteiger partial charge in [-0.1, -0.05) is 41.4 Å². The maximum absolute atomic E-state index is 11.4. The molecule has 0 aliphatic carbocycles. The molecule has 2 saturated heterocycles. The van der Waals surface area contributed by atoms with Gasteiger partial charge in [0.25, 0.3) is 0 Å². The lowest BCUT2D eigenvalue weighted by Crippen LogP contribution is -2.43. The summed E-state index contributed by atoms with van der Waals surface area (Å²) in [4.78, 5) is 15.7. The van der Waals surface area contributed by atoms with E-state index in [0.717, 1.165) is 72.3 Å². The van der Waals surface area contributed by atoms with Crippen molar-refractivity contribution in [3.8, 4) is 0 Å². The van der Waals surface area contributed by atoms with Crippen LogP contribution in [0.15, 0.2) is 36.4 Å². The topological polar surface area (TPSA) is 61.6 Å². The highest BCUT2D eigenvalue weighted by atomic mass is 35.5. The zero-order valence-electron chi connectivity index (χ0n) is 18.8. The maximum atomic E-state index is 11.4. The van der Waals surface area contributed by atoms with Gasteiger partial charge >= 0.3 is 6.03 Å². The van der Waals surface area contributed by atoms with Crippen LogP contribution < -0.4 is 11.1 Å². The molecule has 1 unspecified atom stereocenters. The van der Waals surface area contributed by atoms with Crippen molar-refractivity contribution in [2.24, 2.45) is 5.73 Å². The van der Waals surface area contributed by atoms with Gasteiger partial charge in [0, 0.05) is 24.2 Å². The molecule has 4 rings (SSSR count). The van der Waals surface area contributed by atoms with Crippen molar-refractivity contribution in [2.75, 3.05) is 31.5 Å². The molecule has 172 valence electrons. The molecule has 2 amide bonds. The van der Waals surface area contributed by atoms with Crippen LogP contribution in [0.25, 0.3) is 0 Å². The van der Waals surface area contributed by atoms with Gasteiger partial charge in [-0.3, -0.25) is 4.90 Å². The van der Waals surface area contributed by atoms with Gasteiger partial charge in [-0.25, -0.2) is 4.79 Å². The van der Waals surface area contributed by atoms with E-state index >= 15 is 0 Å². The molecule has 2 aliphatic heterocycles. The van der Waals surface area contributed by atoms with Crippen molar-refractivity contribution in [2.45, 2.75) is 51.1 Å². The van der Waals surface area contributed by atoms with Gasteiger partial charge in [0.1, 0.15) is 0 Å². The van der Waals surface area contributed by atoms with E-state index in [9.17, 15) is 4.79 Å². The Labute approximate surface area is 200 Å². The Kier molecular flexibility index (Phi) is 7.18. The third-order valence-electron chi connectivity index (χ3n) is 6.98. The molecule has 2 atom stereocenters. The highest BCUT2D eigenvalue weighted by Gasteiger charge is 2.32. The van der Waals surface area contributed by atoms with Crippen LogP contribution in [0.5, 0.6) is 0 Å². The van der Waals surface area contributed by atoms with Crippen molar-refractivity contribution < 1.29 is 4.79 Å². The van der Waals surface area contributed by atoms with Gasteiger partial charge < -0.3 is 16.0 Å². The highest BCUT2D eigenvalue weighted by molar-refractivity contribution is 6.33. The molecule has 0 radical (unpaired) electrons. The van der Waals surface area contributed by atoms with Crippen molar-refractivity contribution >= 4 is 34.9 Å². The average Bonchev–Trinajstić information content (AvgIpc) is 3.26. The number of aryl methyl sites for hydroxylation is 1. The summed E-state index contributed by atoms with van der Waals surface area (Å²) in [6.07, 6.45) is 3.23. The summed E-state index contributed by atoms with van der Waals surface area (Å²) in [5.41, 5.74) is 9.93. The molecule has 2 aliphatic rings. The van der Waals surface area contributed by atoms with Crippen LogP contribution in [-0.4, -0.2) is 48.1 Å². The number of urea groups is 1. The molecule has 0 saturated carbocycles. The summed E-state index contributed by atoms with van der Waals surface area (Å²) in [7, 11) is 0. The smallest absolute Gasteiger partial charge is 0.314 e. The van der Waals surface area contributed by atoms with E-state index in [4.69, 9.17) is 28.9 Å². The summed E-state index contributed by atoms with van der Waals surface area (Å²) < 4.78 is 0. The largest absolute Gasteiger partial charge is 0.377 e. The molecule has 2 fully saturated rings. The second kappa shape index (κ2) is 9.90. The molecule has 2 heterocycles. The highest BCUT2D eigenvalue weighted by Crippen LogP contribution is 2.36. The van der Waals surface area contributed by atoms with Crippen LogP contribution in [0, 0.1) is 6.92 Å². The Balaban J connectivity index is 1.39. The summed E-state index contributed by atoms with van der Waals surface area (Å²) >= 11 is 13.0. The van der Waals surface area contributed by atoms with Gasteiger partial charge in [0.2, 0.25) is 0 Å². The van der Waals surface area contributed by atoms with E-state index in [-0.39, 0.29) is 12.1 Å². The number of hydrogen-bond donors (Lipinski definition) is 2. The number of benzene rings is 2. The normalized spacial score (nSPS) is 21.0. The number of nitrogens with one attached hydrogen (secondary N) is 1. The van der Waals surface area contributed by atoms with Crippen molar-refractivity contribution in [3.63, 3.8) is 0 Å². The molecule has 2 aromatic rings. The average molecular weight is 475 g/mol. The van der Waals surface area contributed by atoms with E-state index in [1.54, 1.807) is 4.90 Å². The van der Waals surface area contributed by atoms with Gasteiger partial charge in [-0.2, -0.15) is 0 Å². The Morgan fingerprint density at radius 2 is 1.81 bits per heavy atom. The minimum absolute atomic E-state index is 0.0493. The van der Waals surface area contributed by atoms with Crippen LogP contribution in [0.3, 0.4) is 0 Å². The third-order valence-corrected chi connectivity index (χ3v) is 7.63. The molecular formula is C25H32Cl2N4O. The van der Waals surface area contributed by atoms with Gasteiger partial charge in [0.15, 0.2) is 0 Å². The van der Waals surface area contributed by atoms with Crippen molar-refractivity contribution in [1.29, 1.82) is 0 Å². The fourth-order valence-electron chi connectivity index (χ4n) is 5.04. The van der Waals surface area contributed by atoms with Crippen molar-refractivity contribution in [3.05, 3.63) is 63.1 Å². The lowest BCUT2D eigenvalue weighted by atomic mass is 9.88. The summed E-state index contributed by atoms with van der Waals surface area (Å²) in [5.74, 6) is 0.510. The van der Waals surface area contributed by atoms with Crippen LogP contribution in [0.4, 0.5) is 10.5 Å². The zero-order valence-corrected chi connectivity index (χ0v) is 20.3. The molecule has 0 aromatic heterocycles. The first-order valence-electron chi connectivity index (χ1n) is 11.4. The van der Waals surface area contributed by atoms with Crippen LogP contribution in [0.1, 0.15) is 54.8 Å². The number of nitrogens with zero attached hydrogens (tertiary/aromatic N) is 2. The standard InChI is InChI=1S/C25H32Cl2N4O/c1-16-3-5-21(23(27)13-16)17(2)29-24-14-19(4-6-22(24)26)18-7-10-30(11-8-18)20-9-12-31(15-20)25(28)32/h3-6,13-14,17-18,20,29H,7-12,15H2,1-2H3,(H2,28,32)/t17?,20-/m1/s1. The number of carbonyl (C=O) groups excluding carboxylic acids is 1. The number of likely N-dealkylation sites (tertiary alicyclic amines) is 2. The zero-order chi connectivity index (χ0) is 22.8. The molecule has 32 heavy (non-hydrogen) atoms. The van der Waals surface area contributed by atoms with E-state index in [1.165, 1.54) is 5.56 Å². The van der Waals surface area contributed by atoms with E-state index in [1.807, 2.05) is 19.1 Å². The second-order valence-corrected chi connectivity index (χ2v) is 9.98. The number of anilines is 1. The van der Waals surface area contributed by atoms with Gasteiger partial charge in [-0.15, -0.1) is 0 Å². The fourth-order valence-corrected chi connectivity index (χ4v) is 5.61. The molecule has 7 heteroatoms. The number of amides is 2. The SMILES string of the molecule is Cc1ccc(C(C)Nc2cc(C3CCN([C@@H]4CCN(C(N)=O)C4)CC3)ccc2Cl)c(Cl)c1. The number of primary amides is 1. The first-order valence-corrected chi connectivity index (χ1v) is 12.2. The number of halogens is 2. The first-order chi connectivity index (χ1) is 15.3. The third kappa shape index (κ3) is 5.16. The van der Waals surface area contributed by atoms with Gasteiger partial charge in [0.05, 0.1) is 16.8 Å². The molecule has 3 N–H and O–H groups in total. The van der Waals surface area contributed by atoms with E-state index < -0.39 is 0 Å². The van der Waals surface area contributed by atoms with Crippen LogP contribution in [0.2, 0.25) is 10.0 Å². The Hall–Kier alpha value is -1.95. The lowest BCUT2D eigenvalue weighted by molar-refractivity contribution is 0.153. The van der Waals surface area contributed by atoms with Crippen LogP contribution >= 0.6 is 23.2 Å². The molecule has 5 nitrogen and oxygen atoms in total. The van der Waals surface area contributed by atoms with Crippen LogP contribution in [-0.2, 0) is 0 Å². The maximum Gasteiger partial charge on any atom is 0.314 e. The molecule has 0 spiro atoms. The number of carbonyl (C=O) groups is 1. The minimum Gasteiger partial charge on any atom is -0.377 e. The molecule has 0 bridgehead atoms. The summed E-state index contributed by atoms with van der Waals surface area (Å²) in [6, 6.07) is 12.7. The fraction of sp³-hybridized carbons (Fsp3) is 0.480.